The largest absolute Gasteiger partial charge is 0.383 e. The number of benzene rings is 1. The smallest absolute Gasteiger partial charge is 0.255 e. The number of hydrogen-bond acceptors (Lipinski definition) is 3. The minimum Gasteiger partial charge on any atom is -0.383 e. The van der Waals surface area contributed by atoms with Gasteiger partial charge < -0.3 is 14.6 Å². The average molecular weight is 396 g/mol. The zero-order valence-electron chi connectivity index (χ0n) is 17.7. The molecule has 5 nitrogen and oxygen atoms in total. The van der Waals surface area contributed by atoms with Gasteiger partial charge in [-0.2, -0.15) is 0 Å². The minimum absolute atomic E-state index is 0.117. The molecule has 0 radical (unpaired) electrons. The molecule has 0 spiro atoms. The van der Waals surface area contributed by atoms with Gasteiger partial charge >= 0.3 is 0 Å². The lowest BCUT2D eigenvalue weighted by Crippen LogP contribution is -2.47. The molecule has 2 aliphatic rings. The number of carbonyl (C=O) groups is 1. The van der Waals surface area contributed by atoms with E-state index in [1.54, 1.807) is 7.11 Å². The first-order chi connectivity index (χ1) is 14.2. The van der Waals surface area contributed by atoms with Crippen molar-refractivity contribution in [1.29, 1.82) is 0 Å². The number of fused-ring (bicyclic) bond motifs is 1. The Balaban J connectivity index is 1.40. The summed E-state index contributed by atoms with van der Waals surface area (Å²) in [5.41, 5.74) is 4.74. The van der Waals surface area contributed by atoms with Crippen LogP contribution in [0.1, 0.15) is 40.0 Å². The number of ether oxygens (including phenoxy) is 1. The van der Waals surface area contributed by atoms with E-state index in [2.05, 4.69) is 34.1 Å². The maximum absolute atomic E-state index is 13.1. The number of aryl methyl sites for hydroxylation is 1. The zero-order valence-corrected chi connectivity index (χ0v) is 17.7. The van der Waals surface area contributed by atoms with Crippen LogP contribution >= 0.6 is 0 Å². The van der Waals surface area contributed by atoms with Crippen LogP contribution in [-0.2, 0) is 17.6 Å². The first-order valence-corrected chi connectivity index (χ1v) is 10.9. The number of hydrogen-bond donors (Lipinski definition) is 1. The van der Waals surface area contributed by atoms with Gasteiger partial charge in [-0.15, -0.1) is 0 Å². The summed E-state index contributed by atoms with van der Waals surface area (Å²) < 4.78 is 5.29. The van der Waals surface area contributed by atoms with Crippen LogP contribution in [0.15, 0.2) is 36.5 Å². The Hall–Kier alpha value is -2.11. The molecule has 1 aliphatic carbocycles. The Kier molecular flexibility index (Phi) is 6.36. The van der Waals surface area contributed by atoms with Gasteiger partial charge in [0.05, 0.1) is 12.2 Å². The number of piperidine rings is 1. The number of methoxy groups -OCH3 is 1. The Labute approximate surface area is 174 Å². The summed E-state index contributed by atoms with van der Waals surface area (Å²) in [4.78, 5) is 20.9. The van der Waals surface area contributed by atoms with E-state index < -0.39 is 0 Å². The molecule has 2 heterocycles. The molecule has 1 atom stereocenters. The lowest BCUT2D eigenvalue weighted by atomic mass is 9.95. The van der Waals surface area contributed by atoms with E-state index in [1.807, 2.05) is 24.1 Å². The van der Waals surface area contributed by atoms with E-state index in [-0.39, 0.29) is 5.91 Å². The molecule has 0 bridgehead atoms. The lowest BCUT2D eigenvalue weighted by Gasteiger charge is -2.38. The van der Waals surface area contributed by atoms with Gasteiger partial charge in [0.2, 0.25) is 0 Å². The van der Waals surface area contributed by atoms with Crippen LogP contribution in [0.25, 0.3) is 0 Å². The van der Waals surface area contributed by atoms with E-state index in [9.17, 15) is 4.79 Å². The predicted molar refractivity (Wildman–Crippen MR) is 115 cm³/mol. The number of amides is 1. The maximum Gasteiger partial charge on any atom is 0.255 e. The molecule has 5 heteroatoms. The zero-order chi connectivity index (χ0) is 20.2. The molecular formula is C24H33N3O2. The van der Waals surface area contributed by atoms with Crippen LogP contribution in [0, 0.1) is 12.8 Å². The highest BCUT2D eigenvalue weighted by molar-refractivity contribution is 5.95. The fourth-order valence-corrected chi connectivity index (χ4v) is 5.02. The summed E-state index contributed by atoms with van der Waals surface area (Å²) in [6.07, 6.45) is 6.58. The first-order valence-electron chi connectivity index (χ1n) is 10.9. The average Bonchev–Trinajstić information content (AvgIpc) is 3.37. The Morgan fingerprint density at radius 1 is 1.24 bits per heavy atom. The summed E-state index contributed by atoms with van der Waals surface area (Å²) in [5, 5.41) is 0. The first kappa shape index (κ1) is 20.2. The number of aromatic amines is 1. The van der Waals surface area contributed by atoms with Crippen molar-refractivity contribution in [2.45, 2.75) is 38.6 Å². The number of H-pyrrole nitrogens is 1. The Morgan fingerprint density at radius 2 is 2.00 bits per heavy atom. The summed E-state index contributed by atoms with van der Waals surface area (Å²) in [6.45, 7) is 6.25. The van der Waals surface area contributed by atoms with Crippen molar-refractivity contribution in [1.82, 2.24) is 14.8 Å². The van der Waals surface area contributed by atoms with Crippen LogP contribution in [0.4, 0.5) is 0 Å². The fourth-order valence-electron chi connectivity index (χ4n) is 5.02. The van der Waals surface area contributed by atoms with Crippen molar-refractivity contribution in [3.63, 3.8) is 0 Å². The summed E-state index contributed by atoms with van der Waals surface area (Å²) in [6, 6.07) is 11.4. The highest BCUT2D eigenvalue weighted by atomic mass is 16.5. The number of nitrogens with one attached hydrogen (secondary N) is 1. The Morgan fingerprint density at radius 3 is 2.66 bits per heavy atom. The van der Waals surface area contributed by atoms with Gasteiger partial charge in [0, 0.05) is 44.7 Å². The van der Waals surface area contributed by atoms with E-state index in [0.717, 1.165) is 37.2 Å². The molecule has 4 rings (SSSR count). The maximum atomic E-state index is 13.1. The van der Waals surface area contributed by atoms with Crippen molar-refractivity contribution >= 4 is 5.91 Å². The van der Waals surface area contributed by atoms with E-state index in [4.69, 9.17) is 4.74 Å². The third kappa shape index (κ3) is 4.57. The molecule has 1 amide bonds. The van der Waals surface area contributed by atoms with E-state index in [1.165, 1.54) is 30.5 Å². The number of rotatable bonds is 7. The number of nitrogens with zero attached hydrogens (tertiary/aromatic N) is 2. The van der Waals surface area contributed by atoms with Crippen LogP contribution in [0.5, 0.6) is 0 Å². The quantitative estimate of drug-likeness (QED) is 0.783. The molecule has 1 aromatic carbocycles. The number of likely N-dealkylation sites (tertiary alicyclic amines) is 1. The standard InChI is InChI=1S/C24H33N3O2/c1-18-23(9-10-25-18)24(28)27(12-13-29-2)17-19-6-5-11-26(16-19)22-14-20-7-3-4-8-21(20)15-22/h3-4,7-10,19,22,25H,5-6,11-17H2,1-2H3/t19-/m1/s1. The predicted octanol–water partition coefficient (Wildman–Crippen LogP) is 3.29. The second kappa shape index (κ2) is 9.14. The normalized spacial score (nSPS) is 20.0. The van der Waals surface area contributed by atoms with Gasteiger partial charge in [-0.25, -0.2) is 0 Å². The third-order valence-electron chi connectivity index (χ3n) is 6.61. The van der Waals surface area contributed by atoms with Gasteiger partial charge in [0.25, 0.3) is 5.91 Å². The molecule has 29 heavy (non-hydrogen) atoms. The van der Waals surface area contributed by atoms with Crippen molar-refractivity contribution in [2.75, 3.05) is 39.9 Å². The SMILES string of the molecule is COCCN(C[C@@H]1CCCN(C2Cc3ccccc3C2)C1)C(=O)c1cc[nH]c1C. The Bertz CT molecular complexity index is 806. The van der Waals surface area contributed by atoms with Crippen molar-refractivity contribution in [2.24, 2.45) is 5.92 Å². The van der Waals surface area contributed by atoms with Crippen LogP contribution < -0.4 is 0 Å². The van der Waals surface area contributed by atoms with Crippen molar-refractivity contribution in [3.05, 3.63) is 58.9 Å². The van der Waals surface area contributed by atoms with Crippen LogP contribution in [0.3, 0.4) is 0 Å². The summed E-state index contributed by atoms with van der Waals surface area (Å²) >= 11 is 0. The molecule has 1 N–H and O–H groups in total. The second-order valence-corrected chi connectivity index (χ2v) is 8.59. The van der Waals surface area contributed by atoms with Gasteiger partial charge in [-0.3, -0.25) is 9.69 Å². The molecule has 1 aromatic heterocycles. The molecular weight excluding hydrogens is 362 g/mol. The van der Waals surface area contributed by atoms with Crippen LogP contribution in [-0.4, -0.2) is 66.6 Å². The van der Waals surface area contributed by atoms with E-state index >= 15 is 0 Å². The topological polar surface area (TPSA) is 48.6 Å². The number of carbonyl (C=O) groups excluding carboxylic acids is 1. The molecule has 1 aliphatic heterocycles. The minimum atomic E-state index is 0.117. The lowest BCUT2D eigenvalue weighted by molar-refractivity contribution is 0.0573. The van der Waals surface area contributed by atoms with Gasteiger partial charge in [-0.05, 0) is 62.3 Å². The molecule has 1 saturated heterocycles. The number of aromatic nitrogens is 1. The molecule has 0 unspecified atom stereocenters. The van der Waals surface area contributed by atoms with Gasteiger partial charge in [0.15, 0.2) is 0 Å². The second-order valence-electron chi connectivity index (χ2n) is 8.59. The summed E-state index contributed by atoms with van der Waals surface area (Å²) in [7, 11) is 1.70. The fraction of sp³-hybridized carbons (Fsp3) is 0.542. The molecule has 1 fully saturated rings. The highest BCUT2D eigenvalue weighted by Gasteiger charge is 2.32. The van der Waals surface area contributed by atoms with Crippen LogP contribution in [0.2, 0.25) is 0 Å². The van der Waals surface area contributed by atoms with Gasteiger partial charge in [-0.1, -0.05) is 24.3 Å². The van der Waals surface area contributed by atoms with Crippen molar-refractivity contribution < 1.29 is 9.53 Å². The molecule has 2 aromatic rings. The van der Waals surface area contributed by atoms with E-state index in [0.29, 0.717) is 25.1 Å². The highest BCUT2D eigenvalue weighted by Crippen LogP contribution is 2.29. The molecule has 156 valence electrons. The van der Waals surface area contributed by atoms with Crippen molar-refractivity contribution in [3.8, 4) is 0 Å². The summed E-state index contributed by atoms with van der Waals surface area (Å²) in [5.74, 6) is 0.638. The van der Waals surface area contributed by atoms with Gasteiger partial charge in [0.1, 0.15) is 0 Å². The monoisotopic (exact) mass is 395 g/mol. The molecule has 0 saturated carbocycles. The third-order valence-corrected chi connectivity index (χ3v) is 6.61.